The zero-order valence-electron chi connectivity index (χ0n) is 23.7. The quantitative estimate of drug-likeness (QED) is 0.267. The van der Waals surface area contributed by atoms with Gasteiger partial charge in [-0.15, -0.1) is 0 Å². The normalized spacial score (nSPS) is 16.5. The van der Waals surface area contributed by atoms with Crippen molar-refractivity contribution in [3.63, 3.8) is 0 Å². The van der Waals surface area contributed by atoms with E-state index in [-0.39, 0.29) is 17.1 Å². The van der Waals surface area contributed by atoms with Crippen LogP contribution in [0.15, 0.2) is 54.3 Å². The molecule has 0 radical (unpaired) electrons. The summed E-state index contributed by atoms with van der Waals surface area (Å²) < 4.78 is 20.8. The van der Waals surface area contributed by atoms with Crippen LogP contribution in [0.1, 0.15) is 51.7 Å². The first-order valence-corrected chi connectivity index (χ1v) is 13.3. The number of hydrogen-bond donors (Lipinski definition) is 3. The number of pyridine rings is 1. The van der Waals surface area contributed by atoms with E-state index >= 15 is 0 Å². The van der Waals surface area contributed by atoms with Crippen LogP contribution in [0.3, 0.4) is 0 Å². The summed E-state index contributed by atoms with van der Waals surface area (Å²) in [4.78, 5) is 17.8. The summed E-state index contributed by atoms with van der Waals surface area (Å²) in [6.07, 6.45) is 6.77. The van der Waals surface area contributed by atoms with Gasteiger partial charge in [-0.2, -0.15) is 9.49 Å². The average molecular weight is 535 g/mol. The van der Waals surface area contributed by atoms with E-state index in [1.165, 1.54) is 10.5 Å². The van der Waals surface area contributed by atoms with E-state index < -0.39 is 5.95 Å². The van der Waals surface area contributed by atoms with E-state index in [0.717, 1.165) is 41.9 Å². The lowest BCUT2D eigenvalue weighted by Gasteiger charge is -2.43. The van der Waals surface area contributed by atoms with Crippen LogP contribution in [-0.4, -0.2) is 70.9 Å². The van der Waals surface area contributed by atoms with E-state index in [1.807, 2.05) is 36.5 Å². The molecule has 1 fully saturated rings. The van der Waals surface area contributed by atoms with Crippen molar-refractivity contribution in [2.24, 2.45) is 0 Å². The molecule has 0 atom stereocenters. The maximum atomic E-state index is 14.4. The summed E-state index contributed by atoms with van der Waals surface area (Å²) in [5.41, 5.74) is 4.15. The Morgan fingerprint density at radius 1 is 1.10 bits per heavy atom. The highest BCUT2D eigenvalue weighted by Gasteiger charge is 2.38. The van der Waals surface area contributed by atoms with E-state index in [0.29, 0.717) is 24.0 Å². The van der Waals surface area contributed by atoms with E-state index in [2.05, 4.69) is 59.6 Å². The molecule has 39 heavy (non-hydrogen) atoms. The highest BCUT2D eigenvalue weighted by molar-refractivity contribution is 5.89. The Morgan fingerprint density at radius 2 is 1.82 bits per heavy atom. The molecule has 0 unspecified atom stereocenters. The molecule has 1 aliphatic rings. The average Bonchev–Trinajstić information content (AvgIpc) is 3.22. The van der Waals surface area contributed by atoms with Crippen molar-refractivity contribution < 1.29 is 13.9 Å². The molecule has 1 aromatic carbocycles. The van der Waals surface area contributed by atoms with Crippen LogP contribution in [-0.2, 0) is 9.53 Å². The molecule has 0 spiro atoms. The second-order valence-corrected chi connectivity index (χ2v) is 11.4. The largest absolute Gasteiger partial charge is 0.369 e. The highest BCUT2D eigenvalue weighted by Crippen LogP contribution is 2.43. The molecule has 2 aromatic heterocycles. The zero-order valence-corrected chi connectivity index (χ0v) is 23.7. The second kappa shape index (κ2) is 11.7. The monoisotopic (exact) mass is 534 g/mol. The molecular formula is C30H39FN6O2. The van der Waals surface area contributed by atoms with Crippen LogP contribution in [0.2, 0.25) is 0 Å². The molecule has 1 amide bonds. The van der Waals surface area contributed by atoms with Crippen LogP contribution >= 0.6 is 0 Å². The Morgan fingerprint density at radius 3 is 2.49 bits per heavy atom. The topological polar surface area (TPSA) is 95.2 Å². The number of H-pyrrole nitrogens is 1. The fraction of sp³-hybridized carbons (Fsp3) is 0.433. The Balaban J connectivity index is 1.53. The summed E-state index contributed by atoms with van der Waals surface area (Å²) in [6, 6.07) is 9.75. The van der Waals surface area contributed by atoms with Crippen LogP contribution in [0.4, 0.5) is 10.2 Å². The number of fused-ring (bicyclic) bond motifs is 1. The van der Waals surface area contributed by atoms with Gasteiger partial charge in [0, 0.05) is 51.6 Å². The van der Waals surface area contributed by atoms with Gasteiger partial charge >= 0.3 is 0 Å². The number of hydrogen-bond acceptors (Lipinski definition) is 6. The van der Waals surface area contributed by atoms with Gasteiger partial charge in [-0.05, 0) is 75.9 Å². The number of likely N-dealkylation sites (N-methyl/N-ethyl adjacent to an activating group) is 1. The molecule has 1 aliphatic heterocycles. The summed E-state index contributed by atoms with van der Waals surface area (Å²) in [7, 11) is 3.45. The van der Waals surface area contributed by atoms with Crippen LogP contribution in [0.25, 0.3) is 16.5 Å². The predicted molar refractivity (Wildman–Crippen MR) is 154 cm³/mol. The van der Waals surface area contributed by atoms with Gasteiger partial charge in [0.2, 0.25) is 11.9 Å². The van der Waals surface area contributed by atoms with Crippen LogP contribution < -0.4 is 10.6 Å². The molecular weight excluding hydrogens is 495 g/mol. The standard InChI is InChI=1S/C30H39FN6O2/c1-29(2)17-22(18-30(3,4)39-29)27(20-9-11-24-23(16-20)28(31)36-35-24)21-10-12-25(34-19-21)33-15-14-32-13-7-8-26(38)37(5)6/h7-12,16,19,32H,13-15,17-18H2,1-6H3,(H,33,34)(H,35,36)/b8-7+. The molecule has 0 bridgehead atoms. The molecule has 208 valence electrons. The van der Waals surface area contributed by atoms with Crippen molar-refractivity contribution in [3.05, 3.63) is 71.3 Å². The number of nitrogens with zero attached hydrogens (tertiary/aromatic N) is 3. The third kappa shape index (κ3) is 7.30. The van der Waals surface area contributed by atoms with Crippen molar-refractivity contribution in [3.8, 4) is 0 Å². The highest BCUT2D eigenvalue weighted by atomic mass is 19.1. The van der Waals surface area contributed by atoms with Gasteiger partial charge < -0.3 is 20.3 Å². The molecule has 3 N–H and O–H groups in total. The number of benzene rings is 1. The fourth-order valence-electron chi connectivity index (χ4n) is 5.22. The number of amides is 1. The third-order valence-corrected chi connectivity index (χ3v) is 6.60. The van der Waals surface area contributed by atoms with Crippen molar-refractivity contribution in [1.82, 2.24) is 25.4 Å². The van der Waals surface area contributed by atoms with Crippen molar-refractivity contribution in [2.45, 2.75) is 51.7 Å². The summed E-state index contributed by atoms with van der Waals surface area (Å²) >= 11 is 0. The maximum Gasteiger partial charge on any atom is 0.245 e. The summed E-state index contributed by atoms with van der Waals surface area (Å²) in [5, 5.41) is 13.6. The molecule has 3 aromatic rings. The first-order chi connectivity index (χ1) is 18.4. The number of carbonyl (C=O) groups is 1. The van der Waals surface area contributed by atoms with Crippen molar-refractivity contribution in [2.75, 3.05) is 39.0 Å². The minimum Gasteiger partial charge on any atom is -0.369 e. The third-order valence-electron chi connectivity index (χ3n) is 6.60. The molecule has 1 saturated heterocycles. The Kier molecular flexibility index (Phi) is 8.51. The van der Waals surface area contributed by atoms with E-state index in [4.69, 9.17) is 4.74 Å². The van der Waals surface area contributed by atoms with Crippen molar-refractivity contribution in [1.29, 1.82) is 0 Å². The molecule has 8 nitrogen and oxygen atoms in total. The van der Waals surface area contributed by atoms with Crippen LogP contribution in [0.5, 0.6) is 0 Å². The van der Waals surface area contributed by atoms with Gasteiger partial charge in [-0.3, -0.25) is 9.89 Å². The molecule has 0 aliphatic carbocycles. The summed E-state index contributed by atoms with van der Waals surface area (Å²) in [6.45, 7) is 10.5. The first-order valence-electron chi connectivity index (χ1n) is 13.3. The van der Waals surface area contributed by atoms with E-state index in [1.54, 1.807) is 20.2 Å². The summed E-state index contributed by atoms with van der Waals surface area (Å²) in [5.74, 6) is 0.304. The number of nitrogens with one attached hydrogen (secondary N) is 3. The lowest BCUT2D eigenvalue weighted by Crippen LogP contribution is -2.42. The SMILES string of the molecule is CN(C)C(=O)/C=C/CNCCNc1ccc(C(=C2CC(C)(C)OC(C)(C)C2)c2ccc3n[nH]c(F)c3c2)cn1. The fourth-order valence-corrected chi connectivity index (χ4v) is 5.22. The van der Waals surface area contributed by atoms with Gasteiger partial charge in [0.1, 0.15) is 5.82 Å². The minimum atomic E-state index is -0.435. The van der Waals surface area contributed by atoms with Gasteiger partial charge in [0.15, 0.2) is 0 Å². The predicted octanol–water partition coefficient (Wildman–Crippen LogP) is 4.91. The van der Waals surface area contributed by atoms with Gasteiger partial charge in [-0.25, -0.2) is 4.98 Å². The number of ether oxygens (including phenoxy) is 1. The maximum absolute atomic E-state index is 14.4. The molecule has 9 heteroatoms. The number of carbonyl (C=O) groups excluding carboxylic acids is 1. The number of aromatic nitrogens is 3. The number of halogens is 1. The van der Waals surface area contributed by atoms with Gasteiger partial charge in [0.05, 0.1) is 22.1 Å². The number of rotatable bonds is 9. The first kappa shape index (κ1) is 28.4. The Labute approximate surface area is 229 Å². The molecule has 3 heterocycles. The van der Waals surface area contributed by atoms with Gasteiger partial charge in [-0.1, -0.05) is 17.7 Å². The zero-order chi connectivity index (χ0) is 28.2. The van der Waals surface area contributed by atoms with Crippen molar-refractivity contribution >= 4 is 28.2 Å². The number of aromatic amines is 1. The number of anilines is 1. The smallest absolute Gasteiger partial charge is 0.245 e. The van der Waals surface area contributed by atoms with E-state index in [9.17, 15) is 9.18 Å². The van der Waals surface area contributed by atoms with Gasteiger partial charge in [0.25, 0.3) is 0 Å². The second-order valence-electron chi connectivity index (χ2n) is 11.4. The molecule has 4 rings (SSSR count). The Hall–Kier alpha value is -3.56. The minimum absolute atomic E-state index is 0.0312. The van der Waals surface area contributed by atoms with Crippen LogP contribution in [0, 0.1) is 5.95 Å². The lowest BCUT2D eigenvalue weighted by atomic mass is 9.79. The Bertz CT molecular complexity index is 1350. The molecule has 0 saturated carbocycles. The lowest BCUT2D eigenvalue weighted by molar-refractivity contribution is -0.138.